The van der Waals surface area contributed by atoms with Crippen molar-refractivity contribution in [3.05, 3.63) is 24.3 Å². The van der Waals surface area contributed by atoms with Gasteiger partial charge in [-0.05, 0) is 25.2 Å². The third-order valence-electron chi connectivity index (χ3n) is 1.48. The topological polar surface area (TPSA) is 38.0 Å². The Bertz CT molecular complexity index is 238. The molecule has 0 bridgehead atoms. The Hall–Kier alpha value is -0.670. The lowest BCUT2D eigenvalue weighted by molar-refractivity contribution is 0.872. The fraction of sp³-hybridized carbons (Fsp3) is 0.333. The van der Waals surface area contributed by atoms with E-state index in [4.69, 9.17) is 5.73 Å². The summed E-state index contributed by atoms with van der Waals surface area (Å²) in [7, 11) is 1.96. The van der Waals surface area contributed by atoms with E-state index in [0.29, 0.717) is 0 Å². The molecule has 3 heteroatoms. The van der Waals surface area contributed by atoms with Crippen molar-refractivity contribution in [1.29, 1.82) is 0 Å². The Balaban J connectivity index is 2.41. The van der Waals surface area contributed by atoms with E-state index in [1.165, 1.54) is 4.90 Å². The van der Waals surface area contributed by atoms with Crippen molar-refractivity contribution < 1.29 is 0 Å². The maximum Gasteiger partial charge on any atom is 0.0325 e. The van der Waals surface area contributed by atoms with Gasteiger partial charge in [-0.1, -0.05) is 6.07 Å². The van der Waals surface area contributed by atoms with Crippen LogP contribution in [0.15, 0.2) is 29.2 Å². The highest BCUT2D eigenvalue weighted by atomic mass is 32.2. The second-order valence-electron chi connectivity index (χ2n) is 2.52. The van der Waals surface area contributed by atoms with E-state index in [1.54, 1.807) is 0 Å². The van der Waals surface area contributed by atoms with Crippen LogP contribution < -0.4 is 11.1 Å². The number of hydrogen-bond acceptors (Lipinski definition) is 3. The second-order valence-corrected chi connectivity index (χ2v) is 3.69. The van der Waals surface area contributed by atoms with Crippen molar-refractivity contribution in [2.24, 2.45) is 0 Å². The van der Waals surface area contributed by atoms with Crippen LogP contribution in [0.2, 0.25) is 0 Å². The average molecular weight is 182 g/mol. The van der Waals surface area contributed by atoms with Gasteiger partial charge in [-0.2, -0.15) is 0 Å². The summed E-state index contributed by atoms with van der Waals surface area (Å²) in [6, 6.07) is 7.97. The lowest BCUT2D eigenvalue weighted by atomic mass is 10.3. The van der Waals surface area contributed by atoms with Gasteiger partial charge in [-0.15, -0.1) is 11.8 Å². The molecular weight excluding hydrogens is 168 g/mol. The molecule has 0 aliphatic carbocycles. The van der Waals surface area contributed by atoms with Crippen molar-refractivity contribution in [2.75, 3.05) is 25.1 Å². The fourth-order valence-corrected chi connectivity index (χ4v) is 1.81. The highest BCUT2D eigenvalue weighted by Crippen LogP contribution is 2.19. The third kappa shape index (κ3) is 3.15. The average Bonchev–Trinajstić information content (AvgIpc) is 2.05. The molecule has 0 aromatic heterocycles. The minimum atomic E-state index is 0.837. The molecule has 0 fully saturated rings. The zero-order valence-corrected chi connectivity index (χ0v) is 8.03. The number of anilines is 1. The quantitative estimate of drug-likeness (QED) is 0.422. The Kier molecular flexibility index (Phi) is 3.97. The fourth-order valence-electron chi connectivity index (χ4n) is 0.875. The number of nitrogens with two attached hydrogens (primary N) is 1. The number of nitrogens with one attached hydrogen (secondary N) is 1. The highest BCUT2D eigenvalue weighted by molar-refractivity contribution is 7.99. The van der Waals surface area contributed by atoms with Gasteiger partial charge in [0.25, 0.3) is 0 Å². The number of rotatable bonds is 4. The van der Waals surface area contributed by atoms with Gasteiger partial charge in [0, 0.05) is 22.9 Å². The molecule has 0 amide bonds. The first-order chi connectivity index (χ1) is 5.83. The van der Waals surface area contributed by atoms with Crippen LogP contribution in [0.1, 0.15) is 0 Å². The van der Waals surface area contributed by atoms with E-state index < -0.39 is 0 Å². The van der Waals surface area contributed by atoms with Crippen LogP contribution in [0, 0.1) is 0 Å². The SMILES string of the molecule is CNCCSc1cccc(N)c1. The molecule has 0 saturated carbocycles. The molecule has 0 atom stereocenters. The Labute approximate surface area is 77.5 Å². The molecule has 0 aliphatic heterocycles. The standard InChI is InChI=1S/C9H14N2S/c1-11-5-6-12-9-4-2-3-8(10)7-9/h2-4,7,11H,5-6,10H2,1H3. The normalized spacial score (nSPS) is 10.1. The van der Waals surface area contributed by atoms with Gasteiger partial charge in [0.1, 0.15) is 0 Å². The van der Waals surface area contributed by atoms with Crippen molar-refractivity contribution in [3.63, 3.8) is 0 Å². The van der Waals surface area contributed by atoms with Crippen molar-refractivity contribution >= 4 is 17.4 Å². The zero-order chi connectivity index (χ0) is 8.81. The third-order valence-corrected chi connectivity index (χ3v) is 2.47. The maximum absolute atomic E-state index is 5.63. The Morgan fingerprint density at radius 2 is 2.33 bits per heavy atom. The molecule has 1 aromatic rings. The minimum absolute atomic E-state index is 0.837. The predicted octanol–water partition coefficient (Wildman–Crippen LogP) is 1.58. The van der Waals surface area contributed by atoms with Crippen LogP contribution in [0.25, 0.3) is 0 Å². The monoisotopic (exact) mass is 182 g/mol. The summed E-state index contributed by atoms with van der Waals surface area (Å²) in [5.41, 5.74) is 6.47. The van der Waals surface area contributed by atoms with E-state index in [2.05, 4.69) is 11.4 Å². The number of benzene rings is 1. The van der Waals surface area contributed by atoms with E-state index >= 15 is 0 Å². The largest absolute Gasteiger partial charge is 0.399 e. The van der Waals surface area contributed by atoms with Crippen LogP contribution in [0.3, 0.4) is 0 Å². The minimum Gasteiger partial charge on any atom is -0.399 e. The summed E-state index contributed by atoms with van der Waals surface area (Å²) in [4.78, 5) is 1.24. The smallest absolute Gasteiger partial charge is 0.0325 e. The van der Waals surface area contributed by atoms with Crippen molar-refractivity contribution in [1.82, 2.24) is 5.32 Å². The summed E-state index contributed by atoms with van der Waals surface area (Å²) >= 11 is 1.82. The molecule has 0 radical (unpaired) electrons. The van der Waals surface area contributed by atoms with Gasteiger partial charge in [-0.3, -0.25) is 0 Å². The van der Waals surface area contributed by atoms with Crippen molar-refractivity contribution in [2.45, 2.75) is 4.90 Å². The van der Waals surface area contributed by atoms with E-state index in [1.807, 2.05) is 37.0 Å². The number of thioether (sulfide) groups is 1. The van der Waals surface area contributed by atoms with E-state index in [9.17, 15) is 0 Å². The molecule has 66 valence electrons. The Morgan fingerprint density at radius 1 is 1.50 bits per heavy atom. The molecule has 12 heavy (non-hydrogen) atoms. The van der Waals surface area contributed by atoms with Gasteiger partial charge in [-0.25, -0.2) is 0 Å². The molecule has 0 unspecified atom stereocenters. The summed E-state index contributed by atoms with van der Waals surface area (Å²) < 4.78 is 0. The molecule has 1 rings (SSSR count). The van der Waals surface area contributed by atoms with Crippen LogP contribution >= 0.6 is 11.8 Å². The van der Waals surface area contributed by atoms with E-state index in [-0.39, 0.29) is 0 Å². The molecule has 0 saturated heterocycles. The maximum atomic E-state index is 5.63. The Morgan fingerprint density at radius 3 is 3.00 bits per heavy atom. The van der Waals surface area contributed by atoms with Gasteiger partial charge in [0.2, 0.25) is 0 Å². The molecule has 2 nitrogen and oxygen atoms in total. The summed E-state index contributed by atoms with van der Waals surface area (Å²) in [5, 5.41) is 3.10. The van der Waals surface area contributed by atoms with Crippen LogP contribution in [-0.4, -0.2) is 19.3 Å². The molecule has 0 heterocycles. The molecule has 0 aliphatic rings. The van der Waals surface area contributed by atoms with Gasteiger partial charge in [0.15, 0.2) is 0 Å². The van der Waals surface area contributed by atoms with Gasteiger partial charge in [0.05, 0.1) is 0 Å². The highest BCUT2D eigenvalue weighted by Gasteiger charge is 1.92. The van der Waals surface area contributed by atoms with Crippen LogP contribution in [0.4, 0.5) is 5.69 Å². The molecule has 1 aromatic carbocycles. The number of hydrogen-bond donors (Lipinski definition) is 2. The van der Waals surface area contributed by atoms with Crippen LogP contribution in [-0.2, 0) is 0 Å². The summed E-state index contributed by atoms with van der Waals surface area (Å²) in [6.07, 6.45) is 0. The van der Waals surface area contributed by atoms with Gasteiger partial charge < -0.3 is 11.1 Å². The van der Waals surface area contributed by atoms with E-state index in [0.717, 1.165) is 18.0 Å². The van der Waals surface area contributed by atoms with Crippen molar-refractivity contribution in [3.8, 4) is 0 Å². The summed E-state index contributed by atoms with van der Waals surface area (Å²) in [5.74, 6) is 1.08. The second kappa shape index (κ2) is 5.06. The summed E-state index contributed by atoms with van der Waals surface area (Å²) in [6.45, 7) is 1.03. The molecule has 0 spiro atoms. The first-order valence-electron chi connectivity index (χ1n) is 3.96. The molecular formula is C9H14N2S. The first kappa shape index (κ1) is 9.42. The lowest BCUT2D eigenvalue weighted by Crippen LogP contribution is -2.09. The lowest BCUT2D eigenvalue weighted by Gasteiger charge is -2.01. The number of nitrogen functional groups attached to an aromatic ring is 1. The zero-order valence-electron chi connectivity index (χ0n) is 7.21. The molecule has 3 N–H and O–H groups in total. The predicted molar refractivity (Wildman–Crippen MR) is 55.5 cm³/mol. The van der Waals surface area contributed by atoms with Gasteiger partial charge >= 0.3 is 0 Å². The van der Waals surface area contributed by atoms with Crippen LogP contribution in [0.5, 0.6) is 0 Å². The first-order valence-corrected chi connectivity index (χ1v) is 4.94.